The summed E-state index contributed by atoms with van der Waals surface area (Å²) >= 11 is 0.703. The van der Waals surface area contributed by atoms with Crippen LogP contribution < -0.4 is 10.2 Å². The fraction of sp³-hybridized carbons (Fsp3) is 0.267. The third-order valence-corrected chi connectivity index (χ3v) is 4.50. The third-order valence-electron chi connectivity index (χ3n) is 3.43. The molecule has 122 valence electrons. The maximum absolute atomic E-state index is 14.6. The second-order valence-electron chi connectivity index (χ2n) is 4.98. The molecule has 0 radical (unpaired) electrons. The summed E-state index contributed by atoms with van der Waals surface area (Å²) in [5.74, 6) is -4.24. The Hall–Kier alpha value is -1.80. The monoisotopic (exact) mass is 343 g/mol. The second-order valence-corrected chi connectivity index (χ2v) is 6.06. The van der Waals surface area contributed by atoms with Gasteiger partial charge in [-0.3, -0.25) is 0 Å². The van der Waals surface area contributed by atoms with Crippen molar-refractivity contribution in [3.63, 3.8) is 0 Å². The Kier molecular flexibility index (Phi) is 4.72. The zero-order valence-electron chi connectivity index (χ0n) is 12.0. The number of hydrogen-bond acceptors (Lipinski definition) is 4. The zero-order chi connectivity index (χ0) is 16.4. The van der Waals surface area contributed by atoms with E-state index in [2.05, 4.69) is 10.3 Å². The number of piperazine rings is 1. The van der Waals surface area contributed by atoms with Crippen LogP contribution in [0.5, 0.6) is 0 Å². The lowest BCUT2D eigenvalue weighted by Crippen LogP contribution is -2.44. The molecule has 0 amide bonds. The van der Waals surface area contributed by atoms with E-state index in [0.29, 0.717) is 42.8 Å². The molecule has 0 aliphatic carbocycles. The molecule has 0 atom stereocenters. The molecule has 1 aromatic heterocycles. The molecular weight excluding hydrogens is 330 g/mol. The molecular formula is C15H13F4N3S. The first kappa shape index (κ1) is 16.1. The van der Waals surface area contributed by atoms with Gasteiger partial charge in [0.1, 0.15) is 5.82 Å². The fourth-order valence-electron chi connectivity index (χ4n) is 2.28. The van der Waals surface area contributed by atoms with E-state index in [1.807, 2.05) is 0 Å². The van der Waals surface area contributed by atoms with Gasteiger partial charge in [0, 0.05) is 31.1 Å². The summed E-state index contributed by atoms with van der Waals surface area (Å²) in [7, 11) is 0. The minimum Gasteiger partial charge on any atom is -0.352 e. The molecule has 1 N–H and O–H groups in total. The number of benzene rings is 1. The Morgan fingerprint density at radius 2 is 1.61 bits per heavy atom. The van der Waals surface area contributed by atoms with E-state index < -0.39 is 28.3 Å². The van der Waals surface area contributed by atoms with Gasteiger partial charge in [-0.1, -0.05) is 11.8 Å². The lowest BCUT2D eigenvalue weighted by Gasteiger charge is -2.29. The topological polar surface area (TPSA) is 28.2 Å². The summed E-state index contributed by atoms with van der Waals surface area (Å²) in [6.07, 6.45) is 0. The Balaban J connectivity index is 1.97. The van der Waals surface area contributed by atoms with Crippen LogP contribution in [0.2, 0.25) is 0 Å². The number of anilines is 1. The largest absolute Gasteiger partial charge is 0.352 e. The van der Waals surface area contributed by atoms with Crippen molar-refractivity contribution in [3.05, 3.63) is 47.7 Å². The predicted molar refractivity (Wildman–Crippen MR) is 79.7 cm³/mol. The first-order chi connectivity index (χ1) is 11.1. The van der Waals surface area contributed by atoms with E-state index in [4.69, 9.17) is 0 Å². The SMILES string of the molecule is Fc1ccc(Sc2c(F)c(F)nc(N3CCNCC3)c2F)cc1. The van der Waals surface area contributed by atoms with E-state index in [1.165, 1.54) is 24.3 Å². The molecule has 2 heterocycles. The molecule has 23 heavy (non-hydrogen) atoms. The van der Waals surface area contributed by atoms with E-state index >= 15 is 0 Å². The van der Waals surface area contributed by atoms with Gasteiger partial charge >= 0.3 is 0 Å². The highest BCUT2D eigenvalue weighted by Gasteiger charge is 2.25. The molecule has 2 aromatic rings. The van der Waals surface area contributed by atoms with Crippen molar-refractivity contribution < 1.29 is 17.6 Å². The standard InChI is InChI=1S/C15H13F4N3S/c16-9-1-3-10(4-2-9)23-13-11(17)14(19)21-15(12(13)18)22-7-5-20-6-8-22/h1-4,20H,5-8H2. The van der Waals surface area contributed by atoms with Crippen molar-refractivity contribution >= 4 is 17.6 Å². The first-order valence-corrected chi connectivity index (χ1v) is 7.81. The summed E-state index contributed by atoms with van der Waals surface area (Å²) in [4.78, 5) is 4.92. The number of aromatic nitrogens is 1. The van der Waals surface area contributed by atoms with Crippen molar-refractivity contribution in [1.29, 1.82) is 0 Å². The minimum atomic E-state index is -1.34. The summed E-state index contributed by atoms with van der Waals surface area (Å²) < 4.78 is 55.3. The van der Waals surface area contributed by atoms with E-state index in [9.17, 15) is 17.6 Å². The lowest BCUT2D eigenvalue weighted by molar-refractivity contribution is 0.435. The highest BCUT2D eigenvalue weighted by molar-refractivity contribution is 7.99. The van der Waals surface area contributed by atoms with Crippen LogP contribution in [0.25, 0.3) is 0 Å². The van der Waals surface area contributed by atoms with Crippen LogP contribution in [-0.2, 0) is 0 Å². The van der Waals surface area contributed by atoms with Crippen LogP contribution in [0, 0.1) is 23.4 Å². The van der Waals surface area contributed by atoms with Crippen molar-refractivity contribution in [3.8, 4) is 0 Å². The summed E-state index contributed by atoms with van der Waals surface area (Å²) in [6.45, 7) is 2.13. The highest BCUT2D eigenvalue weighted by atomic mass is 32.2. The third kappa shape index (κ3) is 3.42. The van der Waals surface area contributed by atoms with Crippen LogP contribution in [-0.4, -0.2) is 31.2 Å². The van der Waals surface area contributed by atoms with Gasteiger partial charge in [-0.25, -0.2) is 13.2 Å². The fourth-order valence-corrected chi connectivity index (χ4v) is 3.14. The molecule has 0 spiro atoms. The van der Waals surface area contributed by atoms with Gasteiger partial charge in [0.15, 0.2) is 17.5 Å². The molecule has 0 bridgehead atoms. The normalized spacial score (nSPS) is 15.0. The van der Waals surface area contributed by atoms with Crippen LogP contribution >= 0.6 is 11.8 Å². The second kappa shape index (κ2) is 6.76. The highest BCUT2D eigenvalue weighted by Crippen LogP contribution is 2.36. The smallest absolute Gasteiger partial charge is 0.252 e. The molecule has 1 aromatic carbocycles. The van der Waals surface area contributed by atoms with E-state index in [1.54, 1.807) is 4.90 Å². The van der Waals surface area contributed by atoms with Crippen molar-refractivity contribution in [2.24, 2.45) is 0 Å². The number of pyridine rings is 1. The molecule has 1 aliphatic rings. The lowest BCUT2D eigenvalue weighted by atomic mass is 10.3. The molecule has 8 heteroatoms. The zero-order valence-corrected chi connectivity index (χ0v) is 12.8. The van der Waals surface area contributed by atoms with Gasteiger partial charge in [0.25, 0.3) is 5.95 Å². The molecule has 0 unspecified atom stereocenters. The molecule has 1 saturated heterocycles. The van der Waals surface area contributed by atoms with Gasteiger partial charge in [-0.2, -0.15) is 9.37 Å². The van der Waals surface area contributed by atoms with Crippen LogP contribution in [0.3, 0.4) is 0 Å². The molecule has 1 aliphatic heterocycles. The number of nitrogens with one attached hydrogen (secondary N) is 1. The Morgan fingerprint density at radius 3 is 2.26 bits per heavy atom. The number of nitrogens with zero attached hydrogens (tertiary/aromatic N) is 2. The summed E-state index contributed by atoms with van der Waals surface area (Å²) in [5.41, 5.74) is 0. The quantitative estimate of drug-likeness (QED) is 0.684. The summed E-state index contributed by atoms with van der Waals surface area (Å²) in [6, 6.07) is 5.10. The molecule has 0 saturated carbocycles. The molecule has 3 nitrogen and oxygen atoms in total. The van der Waals surface area contributed by atoms with Crippen molar-refractivity contribution in [1.82, 2.24) is 10.3 Å². The number of halogens is 4. The number of hydrogen-bond donors (Lipinski definition) is 1. The van der Waals surface area contributed by atoms with Crippen molar-refractivity contribution in [2.45, 2.75) is 9.79 Å². The van der Waals surface area contributed by atoms with Gasteiger partial charge in [-0.15, -0.1) is 0 Å². The average Bonchev–Trinajstić information content (AvgIpc) is 2.57. The maximum atomic E-state index is 14.6. The van der Waals surface area contributed by atoms with Crippen molar-refractivity contribution in [2.75, 3.05) is 31.1 Å². The predicted octanol–water partition coefficient (Wildman–Crippen LogP) is 3.20. The molecule has 3 rings (SSSR count). The van der Waals surface area contributed by atoms with Crippen LogP contribution in [0.15, 0.2) is 34.1 Å². The maximum Gasteiger partial charge on any atom is 0.252 e. The van der Waals surface area contributed by atoms with Crippen LogP contribution in [0.1, 0.15) is 0 Å². The first-order valence-electron chi connectivity index (χ1n) is 7.00. The Morgan fingerprint density at radius 1 is 0.957 bits per heavy atom. The van der Waals surface area contributed by atoms with Gasteiger partial charge in [0.2, 0.25) is 0 Å². The molecule has 1 fully saturated rings. The van der Waals surface area contributed by atoms with Gasteiger partial charge in [0.05, 0.1) is 4.90 Å². The summed E-state index contributed by atoms with van der Waals surface area (Å²) in [5, 5.41) is 3.09. The van der Waals surface area contributed by atoms with E-state index in [0.717, 1.165) is 0 Å². The number of rotatable bonds is 3. The average molecular weight is 343 g/mol. The Bertz CT molecular complexity index is 703. The van der Waals surface area contributed by atoms with Crippen LogP contribution in [0.4, 0.5) is 23.4 Å². The minimum absolute atomic E-state index is 0.199. The van der Waals surface area contributed by atoms with Gasteiger partial charge in [-0.05, 0) is 24.3 Å². The van der Waals surface area contributed by atoms with E-state index in [-0.39, 0.29) is 5.82 Å². The van der Waals surface area contributed by atoms with Gasteiger partial charge < -0.3 is 10.2 Å². The Labute approximate surface area is 134 Å².